The lowest BCUT2D eigenvalue weighted by Gasteiger charge is -2.21. The van der Waals surface area contributed by atoms with E-state index in [9.17, 15) is 4.39 Å². The highest BCUT2D eigenvalue weighted by Crippen LogP contribution is 2.22. The van der Waals surface area contributed by atoms with E-state index in [1.165, 1.54) is 12.1 Å². The summed E-state index contributed by atoms with van der Waals surface area (Å²) in [6, 6.07) is 6.49. The molecule has 3 aromatic heterocycles. The van der Waals surface area contributed by atoms with Gasteiger partial charge >= 0.3 is 0 Å². The Morgan fingerprint density at radius 3 is 2.88 bits per heavy atom. The van der Waals surface area contributed by atoms with E-state index < -0.39 is 0 Å². The molecule has 0 aliphatic heterocycles. The first-order valence-electron chi connectivity index (χ1n) is 7.88. The number of hydrogen-bond donors (Lipinski definition) is 0. The molecule has 132 valence electrons. The quantitative estimate of drug-likeness (QED) is 0.480. The Kier molecular flexibility index (Phi) is 4.72. The van der Waals surface area contributed by atoms with E-state index in [1.54, 1.807) is 31.0 Å². The van der Waals surface area contributed by atoms with Gasteiger partial charge in [-0.05, 0) is 17.7 Å². The van der Waals surface area contributed by atoms with Crippen molar-refractivity contribution in [3.63, 3.8) is 0 Å². The number of hydrogen-bond acceptors (Lipinski definition) is 6. The van der Waals surface area contributed by atoms with Crippen LogP contribution in [-0.4, -0.2) is 29.6 Å². The van der Waals surface area contributed by atoms with Crippen LogP contribution in [0.1, 0.15) is 17.0 Å². The van der Waals surface area contributed by atoms with Gasteiger partial charge in [0.25, 0.3) is 0 Å². The zero-order valence-electron chi connectivity index (χ0n) is 13.6. The number of fused-ring (bicyclic) bond motifs is 1. The van der Waals surface area contributed by atoms with Crippen molar-refractivity contribution in [1.82, 2.24) is 29.6 Å². The van der Waals surface area contributed by atoms with Crippen LogP contribution in [0.4, 0.5) is 4.39 Å². The summed E-state index contributed by atoms with van der Waals surface area (Å²) in [5.74, 6) is 0.453. The molecule has 0 saturated heterocycles. The van der Waals surface area contributed by atoms with Crippen molar-refractivity contribution in [3.05, 3.63) is 76.5 Å². The predicted octanol–water partition coefficient (Wildman–Crippen LogP) is 3.22. The molecule has 1 aromatic carbocycles. The largest absolute Gasteiger partial charge is 0.360 e. The summed E-state index contributed by atoms with van der Waals surface area (Å²) >= 11 is 3.43. The van der Waals surface area contributed by atoms with E-state index in [-0.39, 0.29) is 5.82 Å². The van der Waals surface area contributed by atoms with Gasteiger partial charge < -0.3 is 4.52 Å². The molecule has 0 fully saturated rings. The lowest BCUT2D eigenvalue weighted by Crippen LogP contribution is -2.23. The molecule has 4 aromatic rings. The number of aromatic nitrogens is 5. The number of rotatable bonds is 6. The summed E-state index contributed by atoms with van der Waals surface area (Å²) in [5.41, 5.74) is 2.45. The van der Waals surface area contributed by atoms with Crippen LogP contribution in [0, 0.1) is 5.82 Å². The predicted molar refractivity (Wildman–Crippen MR) is 94.3 cm³/mol. The average Bonchev–Trinajstić information content (AvgIpc) is 3.29. The molecule has 0 radical (unpaired) electrons. The molecule has 26 heavy (non-hydrogen) atoms. The Labute approximate surface area is 156 Å². The molecule has 0 unspecified atom stereocenters. The first kappa shape index (κ1) is 16.8. The molecule has 7 nitrogen and oxygen atoms in total. The van der Waals surface area contributed by atoms with E-state index >= 15 is 0 Å². The van der Waals surface area contributed by atoms with E-state index in [1.807, 2.05) is 10.5 Å². The van der Waals surface area contributed by atoms with Crippen molar-refractivity contribution in [3.8, 4) is 0 Å². The van der Waals surface area contributed by atoms with Crippen LogP contribution in [0.15, 0.2) is 58.2 Å². The molecule has 3 heterocycles. The van der Waals surface area contributed by atoms with Crippen molar-refractivity contribution in [2.24, 2.45) is 0 Å². The van der Waals surface area contributed by atoms with Crippen LogP contribution in [0.5, 0.6) is 0 Å². The molecule has 9 heteroatoms. The fraction of sp³-hybridized carbons (Fsp3) is 0.176. The van der Waals surface area contributed by atoms with Crippen LogP contribution in [0.2, 0.25) is 0 Å². The van der Waals surface area contributed by atoms with Crippen molar-refractivity contribution in [2.75, 3.05) is 0 Å². The molecule has 4 rings (SSSR count). The second kappa shape index (κ2) is 7.30. The Morgan fingerprint density at radius 1 is 1.15 bits per heavy atom. The van der Waals surface area contributed by atoms with Gasteiger partial charge in [-0.2, -0.15) is 0 Å². The van der Waals surface area contributed by atoms with E-state index in [2.05, 4.69) is 41.2 Å². The lowest BCUT2D eigenvalue weighted by atomic mass is 10.2. The zero-order valence-corrected chi connectivity index (χ0v) is 15.2. The summed E-state index contributed by atoms with van der Waals surface area (Å²) in [4.78, 5) is 6.56. The highest BCUT2D eigenvalue weighted by atomic mass is 79.9. The van der Waals surface area contributed by atoms with Crippen LogP contribution in [0.3, 0.4) is 0 Å². The highest BCUT2D eigenvalue weighted by molar-refractivity contribution is 9.10. The summed E-state index contributed by atoms with van der Waals surface area (Å²) in [6.07, 6.45) is 6.76. The number of benzene rings is 1. The highest BCUT2D eigenvalue weighted by Gasteiger charge is 2.15. The van der Waals surface area contributed by atoms with Crippen LogP contribution < -0.4 is 0 Å². The molecule has 0 bridgehead atoms. The van der Waals surface area contributed by atoms with Gasteiger partial charge in [-0.15, -0.1) is 10.2 Å². The Balaban J connectivity index is 1.63. The molecule has 0 N–H and O–H groups in total. The fourth-order valence-electron chi connectivity index (χ4n) is 2.74. The molecular weight excluding hydrogens is 403 g/mol. The fourth-order valence-corrected chi connectivity index (χ4v) is 3.21. The minimum Gasteiger partial charge on any atom is -0.360 e. The SMILES string of the molecule is Fc1ccc(CN(Cc2ccno2)Cc2nccn3cnnc23)c(Br)c1. The van der Waals surface area contributed by atoms with Crippen LogP contribution in [-0.2, 0) is 19.6 Å². The summed E-state index contributed by atoms with van der Waals surface area (Å²) in [7, 11) is 0. The number of nitrogens with zero attached hydrogens (tertiary/aromatic N) is 6. The molecule has 0 atom stereocenters. The van der Waals surface area contributed by atoms with Gasteiger partial charge in [0.15, 0.2) is 11.4 Å². The minimum absolute atomic E-state index is 0.280. The van der Waals surface area contributed by atoms with Gasteiger partial charge in [0.1, 0.15) is 12.1 Å². The first-order valence-corrected chi connectivity index (χ1v) is 8.67. The standard InChI is InChI=1S/C17H14BrFN6O/c18-15-7-13(19)2-1-12(15)8-24(9-14-3-4-22-26-14)10-16-17-23-21-11-25(17)6-5-20-16/h1-7,11H,8-10H2. The maximum absolute atomic E-state index is 13.4. The third-order valence-corrected chi connectivity index (χ3v) is 4.68. The van der Waals surface area contributed by atoms with E-state index in [4.69, 9.17) is 4.52 Å². The normalized spacial score (nSPS) is 11.5. The molecule has 0 aliphatic rings. The summed E-state index contributed by atoms with van der Waals surface area (Å²) in [5, 5.41) is 11.8. The van der Waals surface area contributed by atoms with Crippen molar-refractivity contribution >= 4 is 21.6 Å². The van der Waals surface area contributed by atoms with Crippen molar-refractivity contribution < 1.29 is 8.91 Å². The van der Waals surface area contributed by atoms with Gasteiger partial charge in [-0.3, -0.25) is 14.3 Å². The molecule has 0 spiro atoms. The van der Waals surface area contributed by atoms with Crippen LogP contribution >= 0.6 is 15.9 Å². The second-order valence-corrected chi connectivity index (χ2v) is 6.65. The smallest absolute Gasteiger partial charge is 0.183 e. The van der Waals surface area contributed by atoms with E-state index in [0.29, 0.717) is 29.8 Å². The molecule has 0 amide bonds. The third-order valence-electron chi connectivity index (χ3n) is 3.94. The average molecular weight is 417 g/mol. The third kappa shape index (κ3) is 3.63. The van der Waals surface area contributed by atoms with Crippen molar-refractivity contribution in [1.29, 1.82) is 0 Å². The van der Waals surface area contributed by atoms with E-state index in [0.717, 1.165) is 17.0 Å². The van der Waals surface area contributed by atoms with Gasteiger partial charge in [0.05, 0.1) is 18.4 Å². The Hall–Kier alpha value is -2.65. The topological polar surface area (TPSA) is 72.4 Å². The lowest BCUT2D eigenvalue weighted by molar-refractivity contribution is 0.213. The summed E-state index contributed by atoms with van der Waals surface area (Å²) in [6.45, 7) is 1.62. The molecule has 0 saturated carbocycles. The van der Waals surface area contributed by atoms with Crippen LogP contribution in [0.25, 0.3) is 5.65 Å². The van der Waals surface area contributed by atoms with Crippen molar-refractivity contribution in [2.45, 2.75) is 19.6 Å². The van der Waals surface area contributed by atoms with Gasteiger partial charge in [-0.1, -0.05) is 27.2 Å². The van der Waals surface area contributed by atoms with Gasteiger partial charge in [0.2, 0.25) is 0 Å². The zero-order chi connectivity index (χ0) is 17.9. The minimum atomic E-state index is -0.280. The summed E-state index contributed by atoms with van der Waals surface area (Å²) < 4.78 is 21.2. The number of halogens is 2. The van der Waals surface area contributed by atoms with Gasteiger partial charge in [-0.25, -0.2) is 4.39 Å². The van der Waals surface area contributed by atoms with Gasteiger partial charge in [0, 0.05) is 36.0 Å². The monoisotopic (exact) mass is 416 g/mol. The Bertz CT molecular complexity index is 1020. The maximum atomic E-state index is 13.4. The Morgan fingerprint density at radius 2 is 2.08 bits per heavy atom. The molecule has 0 aliphatic carbocycles. The molecular formula is C17H14BrFN6O. The first-order chi connectivity index (χ1) is 12.7. The second-order valence-electron chi connectivity index (χ2n) is 5.80. The maximum Gasteiger partial charge on any atom is 0.183 e.